The van der Waals surface area contributed by atoms with Crippen molar-refractivity contribution in [2.24, 2.45) is 0 Å². The molecule has 3 heteroatoms. The Labute approximate surface area is 108 Å². The van der Waals surface area contributed by atoms with Crippen LogP contribution < -0.4 is 10.1 Å². The number of hydrogen-bond acceptors (Lipinski definition) is 2. The second kappa shape index (κ2) is 5.71. The van der Waals surface area contributed by atoms with Crippen LogP contribution >= 0.6 is 0 Å². The quantitative estimate of drug-likeness (QED) is 0.883. The Morgan fingerprint density at radius 2 is 2.17 bits per heavy atom. The number of benzene rings is 1. The summed E-state index contributed by atoms with van der Waals surface area (Å²) in [7, 11) is 1.62. The Morgan fingerprint density at radius 3 is 2.78 bits per heavy atom. The van der Waals surface area contributed by atoms with Gasteiger partial charge in [0.25, 0.3) is 0 Å². The van der Waals surface area contributed by atoms with Crippen molar-refractivity contribution in [2.45, 2.75) is 32.6 Å². The van der Waals surface area contributed by atoms with Gasteiger partial charge in [-0.25, -0.2) is 0 Å². The van der Waals surface area contributed by atoms with Crippen molar-refractivity contribution in [3.8, 4) is 5.75 Å². The predicted molar refractivity (Wildman–Crippen MR) is 73.7 cm³/mol. The molecule has 0 unspecified atom stereocenters. The van der Waals surface area contributed by atoms with E-state index < -0.39 is 0 Å². The molecular formula is C15H19NO2. The molecule has 2 rings (SSSR count). The maximum Gasteiger partial charge on any atom is 0.221 e. The number of methoxy groups -OCH3 is 1. The molecule has 1 aliphatic rings. The van der Waals surface area contributed by atoms with E-state index in [1.807, 2.05) is 18.2 Å². The van der Waals surface area contributed by atoms with Crippen LogP contribution in [0.1, 0.15) is 38.2 Å². The Balaban J connectivity index is 2.44. The molecule has 0 atom stereocenters. The molecule has 1 N–H and O–H groups in total. The summed E-state index contributed by atoms with van der Waals surface area (Å²) in [5.41, 5.74) is 3.19. The molecule has 0 spiro atoms. The molecule has 0 fully saturated rings. The van der Waals surface area contributed by atoms with Crippen molar-refractivity contribution in [1.29, 1.82) is 0 Å². The van der Waals surface area contributed by atoms with Crippen LogP contribution in [0.25, 0.3) is 5.57 Å². The van der Waals surface area contributed by atoms with Crippen molar-refractivity contribution in [2.75, 3.05) is 12.4 Å². The second-order valence-corrected chi connectivity index (χ2v) is 4.54. The van der Waals surface area contributed by atoms with Crippen molar-refractivity contribution in [1.82, 2.24) is 0 Å². The van der Waals surface area contributed by atoms with Crippen LogP contribution in [0, 0.1) is 0 Å². The molecule has 1 aromatic carbocycles. The minimum Gasteiger partial charge on any atom is -0.495 e. The SMILES string of the molecule is COc1cccc(C2=CCCCC2)c1NC(C)=O. The first-order valence-corrected chi connectivity index (χ1v) is 6.36. The molecule has 0 saturated heterocycles. The molecule has 18 heavy (non-hydrogen) atoms. The molecule has 1 aromatic rings. The lowest BCUT2D eigenvalue weighted by Crippen LogP contribution is -2.10. The van der Waals surface area contributed by atoms with E-state index in [-0.39, 0.29) is 5.91 Å². The van der Waals surface area contributed by atoms with Gasteiger partial charge in [-0.05, 0) is 37.3 Å². The van der Waals surface area contributed by atoms with Crippen LogP contribution in [-0.4, -0.2) is 13.0 Å². The fraction of sp³-hybridized carbons (Fsp3) is 0.400. The number of para-hydroxylation sites is 1. The number of hydrogen-bond donors (Lipinski definition) is 1. The van der Waals surface area contributed by atoms with E-state index >= 15 is 0 Å². The normalized spacial score (nSPS) is 14.9. The molecule has 1 aliphatic carbocycles. The van der Waals surface area contributed by atoms with Gasteiger partial charge >= 0.3 is 0 Å². The molecule has 3 nitrogen and oxygen atoms in total. The summed E-state index contributed by atoms with van der Waals surface area (Å²) in [6, 6.07) is 5.89. The number of ether oxygens (including phenoxy) is 1. The average Bonchev–Trinajstić information content (AvgIpc) is 2.39. The van der Waals surface area contributed by atoms with Crippen molar-refractivity contribution in [3.05, 3.63) is 29.8 Å². The molecule has 96 valence electrons. The van der Waals surface area contributed by atoms with E-state index in [2.05, 4.69) is 11.4 Å². The van der Waals surface area contributed by atoms with E-state index in [0.29, 0.717) is 5.75 Å². The van der Waals surface area contributed by atoms with Gasteiger partial charge in [0.1, 0.15) is 5.75 Å². The molecule has 1 amide bonds. The second-order valence-electron chi connectivity index (χ2n) is 4.54. The lowest BCUT2D eigenvalue weighted by atomic mass is 9.92. The number of carbonyl (C=O) groups excluding carboxylic acids is 1. The van der Waals surface area contributed by atoms with Crippen LogP contribution in [0.5, 0.6) is 5.75 Å². The molecule has 0 saturated carbocycles. The smallest absolute Gasteiger partial charge is 0.221 e. The summed E-state index contributed by atoms with van der Waals surface area (Å²) in [5, 5.41) is 2.89. The predicted octanol–water partition coefficient (Wildman–Crippen LogP) is 3.61. The van der Waals surface area contributed by atoms with Gasteiger partial charge in [0.2, 0.25) is 5.91 Å². The highest BCUT2D eigenvalue weighted by molar-refractivity contribution is 5.95. The zero-order chi connectivity index (χ0) is 13.0. The minimum absolute atomic E-state index is 0.0721. The van der Waals surface area contributed by atoms with Crippen LogP contribution in [0.4, 0.5) is 5.69 Å². The summed E-state index contributed by atoms with van der Waals surface area (Å²) in [6.07, 6.45) is 6.92. The third-order valence-corrected chi connectivity index (χ3v) is 3.18. The van der Waals surface area contributed by atoms with Crippen LogP contribution in [-0.2, 0) is 4.79 Å². The van der Waals surface area contributed by atoms with Crippen LogP contribution in [0.2, 0.25) is 0 Å². The third kappa shape index (κ3) is 2.73. The summed E-state index contributed by atoms with van der Waals surface area (Å²) >= 11 is 0. The minimum atomic E-state index is -0.0721. The van der Waals surface area contributed by atoms with E-state index in [4.69, 9.17) is 4.74 Å². The van der Waals surface area contributed by atoms with Crippen LogP contribution in [0.15, 0.2) is 24.3 Å². The number of rotatable bonds is 3. The molecule has 0 bridgehead atoms. The monoisotopic (exact) mass is 245 g/mol. The van der Waals surface area contributed by atoms with Gasteiger partial charge in [0, 0.05) is 12.5 Å². The van der Waals surface area contributed by atoms with E-state index in [1.54, 1.807) is 7.11 Å². The molecule has 0 radical (unpaired) electrons. The van der Waals surface area contributed by atoms with E-state index in [1.165, 1.54) is 25.3 Å². The lowest BCUT2D eigenvalue weighted by molar-refractivity contribution is -0.114. The summed E-state index contributed by atoms with van der Waals surface area (Å²) in [4.78, 5) is 11.3. The molecule has 0 aliphatic heterocycles. The third-order valence-electron chi connectivity index (χ3n) is 3.18. The van der Waals surface area contributed by atoms with Gasteiger partial charge in [-0.3, -0.25) is 4.79 Å². The van der Waals surface area contributed by atoms with Gasteiger partial charge in [-0.1, -0.05) is 18.2 Å². The van der Waals surface area contributed by atoms with Crippen molar-refractivity contribution >= 4 is 17.2 Å². The maximum atomic E-state index is 11.3. The Kier molecular flexibility index (Phi) is 4.03. The van der Waals surface area contributed by atoms with Gasteiger partial charge < -0.3 is 10.1 Å². The van der Waals surface area contributed by atoms with Gasteiger partial charge in [-0.15, -0.1) is 0 Å². The average molecular weight is 245 g/mol. The highest BCUT2D eigenvalue weighted by Crippen LogP contribution is 2.36. The fourth-order valence-corrected chi connectivity index (χ4v) is 2.36. The number of nitrogens with one attached hydrogen (secondary N) is 1. The topological polar surface area (TPSA) is 38.3 Å². The number of allylic oxidation sites excluding steroid dienone is 2. The number of carbonyl (C=O) groups is 1. The van der Waals surface area contributed by atoms with Gasteiger partial charge in [0.15, 0.2) is 0 Å². The zero-order valence-electron chi connectivity index (χ0n) is 11.0. The van der Waals surface area contributed by atoms with E-state index in [9.17, 15) is 4.79 Å². The largest absolute Gasteiger partial charge is 0.495 e. The highest BCUT2D eigenvalue weighted by atomic mass is 16.5. The zero-order valence-corrected chi connectivity index (χ0v) is 11.0. The molecular weight excluding hydrogens is 226 g/mol. The Bertz CT molecular complexity index is 477. The summed E-state index contributed by atoms with van der Waals surface area (Å²) in [6.45, 7) is 1.52. The summed E-state index contributed by atoms with van der Waals surface area (Å²) in [5.74, 6) is 0.645. The van der Waals surface area contributed by atoms with Gasteiger partial charge in [0.05, 0.1) is 12.8 Å². The van der Waals surface area contributed by atoms with E-state index in [0.717, 1.165) is 24.1 Å². The van der Waals surface area contributed by atoms with Crippen LogP contribution in [0.3, 0.4) is 0 Å². The van der Waals surface area contributed by atoms with Crippen molar-refractivity contribution in [3.63, 3.8) is 0 Å². The number of anilines is 1. The number of amides is 1. The molecule has 0 aromatic heterocycles. The first-order chi connectivity index (χ1) is 8.72. The first-order valence-electron chi connectivity index (χ1n) is 6.36. The molecule has 0 heterocycles. The fourth-order valence-electron chi connectivity index (χ4n) is 2.36. The standard InChI is InChI=1S/C15H19NO2/c1-11(17)16-15-13(9-6-10-14(15)18-2)12-7-4-3-5-8-12/h6-7,9-10H,3-5,8H2,1-2H3,(H,16,17). The highest BCUT2D eigenvalue weighted by Gasteiger charge is 2.15. The Morgan fingerprint density at radius 1 is 1.33 bits per heavy atom. The summed E-state index contributed by atoms with van der Waals surface area (Å²) < 4.78 is 5.34. The van der Waals surface area contributed by atoms with Crippen molar-refractivity contribution < 1.29 is 9.53 Å². The lowest BCUT2D eigenvalue weighted by Gasteiger charge is -2.18. The Hall–Kier alpha value is -1.77. The maximum absolute atomic E-state index is 11.3. The first kappa shape index (κ1) is 12.7. The van der Waals surface area contributed by atoms with Gasteiger partial charge in [-0.2, -0.15) is 0 Å².